The van der Waals surface area contributed by atoms with Gasteiger partial charge in [-0.25, -0.2) is 0 Å². The van der Waals surface area contributed by atoms with Crippen LogP contribution in [0.1, 0.15) is 30.1 Å². The minimum absolute atomic E-state index is 0.237. The maximum atomic E-state index is 5.77. The van der Waals surface area contributed by atoms with E-state index in [0.29, 0.717) is 0 Å². The molecule has 0 amide bonds. The average Bonchev–Trinajstić information content (AvgIpc) is 3.00. The predicted molar refractivity (Wildman–Crippen MR) is 77.4 cm³/mol. The largest absolute Gasteiger partial charge is 0.371 e. The van der Waals surface area contributed by atoms with E-state index in [-0.39, 0.29) is 6.10 Å². The Kier molecular flexibility index (Phi) is 4.49. The van der Waals surface area contributed by atoms with Crippen molar-refractivity contribution in [2.24, 2.45) is 0 Å². The van der Waals surface area contributed by atoms with Gasteiger partial charge < -0.3 is 15.0 Å². The van der Waals surface area contributed by atoms with Gasteiger partial charge in [-0.05, 0) is 43.5 Å². The van der Waals surface area contributed by atoms with Crippen LogP contribution in [0, 0.1) is 0 Å². The Balaban J connectivity index is 1.52. The van der Waals surface area contributed by atoms with Crippen LogP contribution in [0.5, 0.6) is 0 Å². The van der Waals surface area contributed by atoms with Gasteiger partial charge in [-0.2, -0.15) is 0 Å². The highest BCUT2D eigenvalue weighted by atomic mass is 16.5. The number of morpholine rings is 1. The fourth-order valence-corrected chi connectivity index (χ4v) is 2.97. The first kappa shape index (κ1) is 13.1. The van der Waals surface area contributed by atoms with Crippen molar-refractivity contribution in [2.45, 2.75) is 25.4 Å². The zero-order chi connectivity index (χ0) is 12.9. The lowest BCUT2D eigenvalue weighted by Crippen LogP contribution is -2.33. The lowest BCUT2D eigenvalue weighted by molar-refractivity contribution is 0.0277. The first-order valence-corrected chi connectivity index (χ1v) is 7.55. The summed E-state index contributed by atoms with van der Waals surface area (Å²) < 4.78 is 5.77. The Morgan fingerprint density at radius 2 is 1.95 bits per heavy atom. The Bertz CT molecular complexity index is 378. The molecule has 1 aromatic carbocycles. The third kappa shape index (κ3) is 3.56. The number of nitrogens with zero attached hydrogens (tertiary/aromatic N) is 1. The monoisotopic (exact) mass is 260 g/mol. The molecule has 3 heteroatoms. The fraction of sp³-hybridized carbons (Fsp3) is 0.625. The van der Waals surface area contributed by atoms with Crippen LogP contribution in [-0.4, -0.2) is 44.2 Å². The number of nitrogens with one attached hydrogen (secondary N) is 1. The van der Waals surface area contributed by atoms with Crippen molar-refractivity contribution in [3.05, 3.63) is 35.4 Å². The van der Waals surface area contributed by atoms with Crippen LogP contribution >= 0.6 is 0 Å². The molecule has 1 atom stereocenters. The molecule has 2 fully saturated rings. The molecule has 2 heterocycles. The van der Waals surface area contributed by atoms with Crippen LogP contribution in [-0.2, 0) is 11.2 Å². The van der Waals surface area contributed by atoms with Crippen molar-refractivity contribution in [1.82, 2.24) is 10.2 Å². The quantitative estimate of drug-likeness (QED) is 0.896. The smallest absolute Gasteiger partial charge is 0.0949 e. The van der Waals surface area contributed by atoms with Gasteiger partial charge in [0.05, 0.1) is 12.7 Å². The summed E-state index contributed by atoms with van der Waals surface area (Å²) in [6.45, 7) is 6.53. The molecule has 0 saturated carbocycles. The van der Waals surface area contributed by atoms with Gasteiger partial charge in [0.25, 0.3) is 0 Å². The average molecular weight is 260 g/mol. The molecule has 2 aliphatic heterocycles. The molecule has 2 saturated heterocycles. The number of hydrogen-bond acceptors (Lipinski definition) is 3. The van der Waals surface area contributed by atoms with E-state index < -0.39 is 0 Å². The fourth-order valence-electron chi connectivity index (χ4n) is 2.97. The van der Waals surface area contributed by atoms with E-state index in [9.17, 15) is 0 Å². The molecule has 0 spiro atoms. The minimum atomic E-state index is 0.237. The SMILES string of the molecule is c1cc(C2CNCCO2)ccc1CCN1CCCC1. The summed E-state index contributed by atoms with van der Waals surface area (Å²) in [5.41, 5.74) is 2.75. The first-order valence-electron chi connectivity index (χ1n) is 7.55. The van der Waals surface area contributed by atoms with Crippen LogP contribution < -0.4 is 5.32 Å². The van der Waals surface area contributed by atoms with Gasteiger partial charge in [0.15, 0.2) is 0 Å². The van der Waals surface area contributed by atoms with Gasteiger partial charge in [-0.1, -0.05) is 24.3 Å². The Hall–Kier alpha value is -0.900. The molecule has 3 nitrogen and oxygen atoms in total. The lowest BCUT2D eigenvalue weighted by atomic mass is 10.0. The molecule has 3 rings (SSSR count). The molecular formula is C16H24N2O. The summed E-state index contributed by atoms with van der Waals surface area (Å²) in [5, 5.41) is 3.38. The van der Waals surface area contributed by atoms with Crippen LogP contribution in [0.3, 0.4) is 0 Å². The molecule has 0 bridgehead atoms. The van der Waals surface area contributed by atoms with E-state index >= 15 is 0 Å². The Morgan fingerprint density at radius 1 is 1.16 bits per heavy atom. The molecule has 1 aromatic rings. The van der Waals surface area contributed by atoms with Crippen molar-refractivity contribution in [3.63, 3.8) is 0 Å². The number of ether oxygens (including phenoxy) is 1. The van der Waals surface area contributed by atoms with Crippen LogP contribution in [0.25, 0.3) is 0 Å². The van der Waals surface area contributed by atoms with E-state index in [1.165, 1.54) is 50.0 Å². The van der Waals surface area contributed by atoms with Gasteiger partial charge in [0.1, 0.15) is 0 Å². The second-order valence-corrected chi connectivity index (χ2v) is 5.60. The van der Waals surface area contributed by atoms with Crippen LogP contribution in [0.2, 0.25) is 0 Å². The van der Waals surface area contributed by atoms with Gasteiger partial charge in [-0.15, -0.1) is 0 Å². The predicted octanol–water partition coefficient (Wildman–Crippen LogP) is 1.99. The molecule has 0 aliphatic carbocycles. The summed E-state index contributed by atoms with van der Waals surface area (Å²) in [4.78, 5) is 2.57. The van der Waals surface area contributed by atoms with Gasteiger partial charge in [0, 0.05) is 19.6 Å². The standard InChI is InChI=1S/C16H24N2O/c1-2-10-18(9-1)11-7-14-3-5-15(6-4-14)16-13-17-8-12-19-16/h3-6,16-17H,1-2,7-13H2. The summed E-state index contributed by atoms with van der Waals surface area (Å²) in [5.74, 6) is 0. The van der Waals surface area contributed by atoms with Crippen molar-refractivity contribution in [1.29, 1.82) is 0 Å². The third-order valence-corrected chi connectivity index (χ3v) is 4.19. The topological polar surface area (TPSA) is 24.5 Å². The van der Waals surface area contributed by atoms with Gasteiger partial charge >= 0.3 is 0 Å². The summed E-state index contributed by atoms with van der Waals surface area (Å²) in [6.07, 6.45) is 4.17. The second-order valence-electron chi connectivity index (χ2n) is 5.60. The first-order chi connectivity index (χ1) is 9.42. The van der Waals surface area contributed by atoms with Gasteiger partial charge in [-0.3, -0.25) is 0 Å². The third-order valence-electron chi connectivity index (χ3n) is 4.19. The van der Waals surface area contributed by atoms with E-state index in [1.54, 1.807) is 0 Å². The molecule has 19 heavy (non-hydrogen) atoms. The molecule has 0 aromatic heterocycles. The van der Waals surface area contributed by atoms with Crippen molar-refractivity contribution < 1.29 is 4.74 Å². The number of likely N-dealkylation sites (tertiary alicyclic amines) is 1. The Labute approximate surface area is 115 Å². The van der Waals surface area contributed by atoms with E-state index in [2.05, 4.69) is 34.5 Å². The highest BCUT2D eigenvalue weighted by Crippen LogP contribution is 2.19. The maximum absolute atomic E-state index is 5.77. The van der Waals surface area contributed by atoms with Crippen molar-refractivity contribution in [2.75, 3.05) is 39.3 Å². The molecule has 1 N–H and O–H groups in total. The summed E-state index contributed by atoms with van der Waals surface area (Å²) in [6, 6.07) is 9.00. The van der Waals surface area contributed by atoms with Crippen molar-refractivity contribution in [3.8, 4) is 0 Å². The molecule has 1 unspecified atom stereocenters. The molecule has 0 radical (unpaired) electrons. The summed E-state index contributed by atoms with van der Waals surface area (Å²) >= 11 is 0. The normalized spacial score (nSPS) is 24.7. The number of rotatable bonds is 4. The number of benzene rings is 1. The number of hydrogen-bond donors (Lipinski definition) is 1. The second kappa shape index (κ2) is 6.51. The van der Waals surface area contributed by atoms with E-state index in [4.69, 9.17) is 4.74 Å². The zero-order valence-electron chi connectivity index (χ0n) is 11.6. The minimum Gasteiger partial charge on any atom is -0.371 e. The maximum Gasteiger partial charge on any atom is 0.0949 e. The van der Waals surface area contributed by atoms with E-state index in [1.807, 2.05) is 0 Å². The lowest BCUT2D eigenvalue weighted by Gasteiger charge is -2.24. The van der Waals surface area contributed by atoms with Crippen LogP contribution in [0.15, 0.2) is 24.3 Å². The van der Waals surface area contributed by atoms with Crippen molar-refractivity contribution >= 4 is 0 Å². The zero-order valence-corrected chi connectivity index (χ0v) is 11.6. The van der Waals surface area contributed by atoms with Gasteiger partial charge in [0.2, 0.25) is 0 Å². The molecular weight excluding hydrogens is 236 g/mol. The Morgan fingerprint density at radius 3 is 2.63 bits per heavy atom. The van der Waals surface area contributed by atoms with E-state index in [0.717, 1.165) is 19.7 Å². The highest BCUT2D eigenvalue weighted by molar-refractivity contribution is 5.25. The highest BCUT2D eigenvalue weighted by Gasteiger charge is 2.15. The van der Waals surface area contributed by atoms with Crippen LogP contribution in [0.4, 0.5) is 0 Å². The molecule has 104 valence electrons. The summed E-state index contributed by atoms with van der Waals surface area (Å²) in [7, 11) is 0. The molecule has 2 aliphatic rings.